The minimum atomic E-state index is -1.34. The number of carbonyl (C=O) groups excluding carboxylic acids is 2. The van der Waals surface area contributed by atoms with Gasteiger partial charge in [0.15, 0.2) is 22.8 Å². The van der Waals surface area contributed by atoms with Crippen molar-refractivity contribution in [2.45, 2.75) is 97.1 Å². The largest absolute Gasteiger partial charge is 0.506 e. The lowest BCUT2D eigenvalue weighted by Gasteiger charge is -2.56. The second kappa shape index (κ2) is 7.97. The van der Waals surface area contributed by atoms with Gasteiger partial charge in [0.05, 0.1) is 11.2 Å². The van der Waals surface area contributed by atoms with E-state index in [2.05, 4.69) is 6.08 Å². The van der Waals surface area contributed by atoms with Crippen LogP contribution in [-0.4, -0.2) is 39.1 Å². The van der Waals surface area contributed by atoms with Gasteiger partial charge in [-0.3, -0.25) is 9.59 Å². The summed E-state index contributed by atoms with van der Waals surface area (Å²) in [5.74, 6) is -0.308. The first-order chi connectivity index (χ1) is 18.1. The van der Waals surface area contributed by atoms with E-state index in [1.165, 1.54) is 0 Å². The molecule has 1 aromatic carbocycles. The highest BCUT2D eigenvalue weighted by molar-refractivity contribution is 6.19. The average Bonchev–Trinajstić information content (AvgIpc) is 2.99. The van der Waals surface area contributed by atoms with Gasteiger partial charge >= 0.3 is 0 Å². The third-order valence-corrected chi connectivity index (χ3v) is 9.13. The van der Waals surface area contributed by atoms with E-state index in [1.807, 2.05) is 73.6 Å². The first-order valence-electron chi connectivity index (χ1n) is 13.9. The molecule has 3 heterocycles. The molecule has 1 aromatic rings. The minimum absolute atomic E-state index is 0.0322. The summed E-state index contributed by atoms with van der Waals surface area (Å²) in [5, 5.41) is 11.5. The van der Waals surface area contributed by atoms with Gasteiger partial charge in [0, 0.05) is 29.4 Å². The molecule has 7 rings (SSSR count). The Morgan fingerprint density at radius 2 is 1.72 bits per heavy atom. The second-order valence-corrected chi connectivity index (χ2v) is 13.3. The monoisotopic (exact) mass is 530 g/mol. The Morgan fingerprint density at radius 3 is 2.38 bits per heavy atom. The normalized spacial score (nSPS) is 31.8. The molecule has 39 heavy (non-hydrogen) atoms. The number of fused-ring (bicyclic) bond motifs is 2. The molecule has 1 saturated carbocycles. The minimum Gasteiger partial charge on any atom is -0.506 e. The van der Waals surface area contributed by atoms with Crippen LogP contribution in [0.15, 0.2) is 41.0 Å². The van der Waals surface area contributed by atoms with Crippen LogP contribution in [0.25, 0.3) is 6.08 Å². The summed E-state index contributed by atoms with van der Waals surface area (Å²) in [6.07, 6.45) is 10.9. The number of carbonyl (C=O) groups is 2. The average molecular weight is 531 g/mol. The number of hydrogen-bond acceptors (Lipinski definition) is 6. The van der Waals surface area contributed by atoms with Crippen molar-refractivity contribution >= 4 is 17.6 Å². The molecular weight excluding hydrogens is 492 g/mol. The van der Waals surface area contributed by atoms with Crippen molar-refractivity contribution in [3.05, 3.63) is 57.7 Å². The summed E-state index contributed by atoms with van der Waals surface area (Å²) in [7, 11) is 0. The molecule has 0 aromatic heterocycles. The number of phenolic OH excluding ortho intramolecular Hbond substituents is 1. The molecule has 3 aliphatic heterocycles. The SMILES string of the molecule is CC(C)=CCc1c2c(c(O)c3c1O[C@]14C(=C[C@@H]5C[C@H]1C(C)(C)O[C@@]4(CC=C(C)C)C5=O)C3=O)C=CC(C)(C)O2. The van der Waals surface area contributed by atoms with Crippen LogP contribution in [0.5, 0.6) is 17.2 Å². The Morgan fingerprint density at radius 1 is 1.03 bits per heavy atom. The van der Waals surface area contributed by atoms with Crippen molar-refractivity contribution in [2.75, 3.05) is 0 Å². The maximum atomic E-state index is 14.5. The number of ketones is 2. The van der Waals surface area contributed by atoms with E-state index in [4.69, 9.17) is 14.2 Å². The van der Waals surface area contributed by atoms with Crippen LogP contribution in [0.2, 0.25) is 0 Å². The Kier molecular flexibility index (Phi) is 5.34. The van der Waals surface area contributed by atoms with Crippen molar-refractivity contribution in [3.63, 3.8) is 0 Å². The van der Waals surface area contributed by atoms with E-state index in [0.717, 1.165) is 11.1 Å². The fraction of sp³-hybridized carbons (Fsp3) is 0.515. The van der Waals surface area contributed by atoms with Gasteiger partial charge in [0.2, 0.25) is 0 Å². The number of benzene rings is 1. The number of phenols is 1. The van der Waals surface area contributed by atoms with Gasteiger partial charge < -0.3 is 19.3 Å². The van der Waals surface area contributed by atoms with Crippen molar-refractivity contribution in [3.8, 4) is 17.2 Å². The highest BCUT2D eigenvalue weighted by Crippen LogP contribution is 2.68. The van der Waals surface area contributed by atoms with Crippen LogP contribution in [-0.2, 0) is 16.0 Å². The standard InChI is InChI=1S/C33H38O6/c1-17(2)9-10-21-27-20(12-13-30(5,6)37-27)25(34)24-26(35)22-15-19-16-23-31(7,8)39-32(29(19)36,14-11-18(3)4)33(22,23)38-28(21)24/h9,11-13,15,19,23,34H,10,14,16H2,1-8H3/t19-,23+,32+,33-/m1/s1. The zero-order chi connectivity index (χ0) is 28.3. The van der Waals surface area contributed by atoms with Gasteiger partial charge in [-0.15, -0.1) is 0 Å². The van der Waals surface area contributed by atoms with Crippen molar-refractivity contribution in [1.29, 1.82) is 0 Å². The molecule has 2 fully saturated rings. The molecule has 1 spiro atoms. The topological polar surface area (TPSA) is 82.1 Å². The number of allylic oxidation sites excluding steroid dienone is 4. The van der Waals surface area contributed by atoms with Gasteiger partial charge in [-0.2, -0.15) is 0 Å². The van der Waals surface area contributed by atoms with Crippen LogP contribution >= 0.6 is 0 Å². The van der Waals surface area contributed by atoms with E-state index in [-0.39, 0.29) is 28.8 Å². The lowest BCUT2D eigenvalue weighted by Crippen LogP contribution is -2.72. The number of aromatic hydroxyl groups is 1. The second-order valence-electron chi connectivity index (χ2n) is 13.3. The van der Waals surface area contributed by atoms with E-state index < -0.39 is 28.3 Å². The van der Waals surface area contributed by atoms with Gasteiger partial charge in [0.1, 0.15) is 28.4 Å². The molecule has 0 unspecified atom stereocenters. The maximum absolute atomic E-state index is 14.5. The summed E-state index contributed by atoms with van der Waals surface area (Å²) in [6, 6.07) is 0. The van der Waals surface area contributed by atoms with Crippen LogP contribution in [0, 0.1) is 11.8 Å². The fourth-order valence-corrected chi connectivity index (χ4v) is 7.41. The Bertz CT molecular complexity index is 1460. The molecule has 6 aliphatic rings. The summed E-state index contributed by atoms with van der Waals surface area (Å²) in [6.45, 7) is 15.9. The predicted molar refractivity (Wildman–Crippen MR) is 149 cm³/mol. The molecule has 0 amide bonds. The number of rotatable bonds is 4. The molecule has 3 aliphatic carbocycles. The quantitative estimate of drug-likeness (QED) is 0.451. The molecule has 1 saturated heterocycles. The van der Waals surface area contributed by atoms with Crippen molar-refractivity contribution in [1.82, 2.24) is 0 Å². The highest BCUT2D eigenvalue weighted by Gasteiger charge is 2.81. The smallest absolute Gasteiger partial charge is 0.200 e. The summed E-state index contributed by atoms with van der Waals surface area (Å²) in [4.78, 5) is 28.6. The van der Waals surface area contributed by atoms with Crippen molar-refractivity contribution < 1.29 is 28.9 Å². The fourth-order valence-electron chi connectivity index (χ4n) is 7.41. The molecule has 1 N–H and O–H groups in total. The molecule has 0 radical (unpaired) electrons. The summed E-state index contributed by atoms with van der Waals surface area (Å²) < 4.78 is 20.3. The van der Waals surface area contributed by atoms with Crippen LogP contribution in [0.3, 0.4) is 0 Å². The highest BCUT2D eigenvalue weighted by atomic mass is 16.6. The van der Waals surface area contributed by atoms with Crippen LogP contribution in [0.4, 0.5) is 0 Å². The maximum Gasteiger partial charge on any atom is 0.200 e. The summed E-state index contributed by atoms with van der Waals surface area (Å²) >= 11 is 0. The number of hydrogen-bond donors (Lipinski definition) is 1. The van der Waals surface area contributed by atoms with E-state index >= 15 is 0 Å². The lowest BCUT2D eigenvalue weighted by atomic mass is 9.51. The Labute approximate surface area is 230 Å². The molecule has 4 bridgehead atoms. The zero-order valence-electron chi connectivity index (χ0n) is 24.2. The summed E-state index contributed by atoms with van der Waals surface area (Å²) in [5.41, 5.74) is -0.00322. The molecule has 4 atom stereocenters. The first-order valence-corrected chi connectivity index (χ1v) is 13.9. The van der Waals surface area contributed by atoms with Gasteiger partial charge in [-0.05, 0) is 80.4 Å². The third-order valence-electron chi connectivity index (χ3n) is 9.13. The first kappa shape index (κ1) is 26.1. The van der Waals surface area contributed by atoms with Crippen LogP contribution < -0.4 is 9.47 Å². The third kappa shape index (κ3) is 3.30. The predicted octanol–water partition coefficient (Wildman–Crippen LogP) is 6.45. The number of ether oxygens (including phenoxy) is 3. The van der Waals surface area contributed by atoms with Crippen molar-refractivity contribution in [2.24, 2.45) is 11.8 Å². The van der Waals surface area contributed by atoms with Crippen LogP contribution in [0.1, 0.15) is 89.7 Å². The lowest BCUT2D eigenvalue weighted by molar-refractivity contribution is -0.171. The van der Waals surface area contributed by atoms with E-state index in [0.29, 0.717) is 47.5 Å². The zero-order valence-corrected chi connectivity index (χ0v) is 24.2. The Balaban J connectivity index is 1.67. The molecular formula is C33H38O6. The molecule has 6 nitrogen and oxygen atoms in total. The van der Waals surface area contributed by atoms with Gasteiger partial charge in [-0.25, -0.2) is 0 Å². The van der Waals surface area contributed by atoms with Gasteiger partial charge in [0.25, 0.3) is 0 Å². The molecule has 6 heteroatoms. The van der Waals surface area contributed by atoms with Gasteiger partial charge in [-0.1, -0.05) is 29.4 Å². The number of Topliss-reactive ketones (excluding diaryl/α,β-unsaturated/α-hetero) is 2. The Hall–Kier alpha value is -3.12. The van der Waals surface area contributed by atoms with E-state index in [1.54, 1.807) is 6.08 Å². The van der Waals surface area contributed by atoms with E-state index in [9.17, 15) is 14.7 Å². The molecule has 206 valence electrons.